The number of hydrogen-bond donors (Lipinski definition) is 2. The minimum Gasteiger partial charge on any atom is -1.00 e. The van der Waals surface area contributed by atoms with E-state index in [9.17, 15) is 16.8 Å². The first-order valence-electron chi connectivity index (χ1n) is 5.98. The summed E-state index contributed by atoms with van der Waals surface area (Å²) in [7, 11) is -8.43. The van der Waals surface area contributed by atoms with E-state index in [2.05, 4.69) is 4.98 Å². The molecule has 22 heavy (non-hydrogen) atoms. The number of benzene rings is 1. The first-order chi connectivity index (χ1) is 9.59. The van der Waals surface area contributed by atoms with Crippen LogP contribution in [0.15, 0.2) is 29.4 Å². The zero-order valence-corrected chi connectivity index (χ0v) is 15.7. The second-order valence-corrected chi connectivity index (χ2v) is 7.93. The van der Waals surface area contributed by atoms with Crippen LogP contribution in [0.3, 0.4) is 0 Å². The number of aryl methyl sites for hydroxylation is 1. The molecule has 11 heteroatoms. The zero-order valence-electron chi connectivity index (χ0n) is 13.0. The summed E-state index contributed by atoms with van der Waals surface area (Å²) < 4.78 is 63.7. The van der Waals surface area contributed by atoms with Crippen LogP contribution >= 0.6 is 0 Å². The van der Waals surface area contributed by atoms with Gasteiger partial charge in [0.15, 0.2) is 0 Å². The molecule has 0 saturated heterocycles. The van der Waals surface area contributed by atoms with E-state index in [1.54, 1.807) is 4.57 Å². The Bertz CT molecular complexity index is 881. The zero-order chi connectivity index (χ0) is 15.8. The van der Waals surface area contributed by atoms with Crippen LogP contribution in [0, 0.1) is 0 Å². The van der Waals surface area contributed by atoms with Gasteiger partial charge in [0, 0.05) is 6.54 Å². The molecule has 2 rings (SSSR count). The van der Waals surface area contributed by atoms with Crippen LogP contribution < -0.4 is 29.6 Å². The maximum absolute atomic E-state index is 11.1. The summed E-state index contributed by atoms with van der Waals surface area (Å²) >= 11 is 0. The molecule has 1 aromatic carbocycles. The van der Waals surface area contributed by atoms with Crippen LogP contribution in [-0.2, 0) is 26.8 Å². The van der Waals surface area contributed by atoms with Gasteiger partial charge in [0.25, 0.3) is 20.2 Å². The molecule has 1 unspecified atom stereocenters. The number of imidazole rings is 1. The van der Waals surface area contributed by atoms with Crippen molar-refractivity contribution >= 4 is 31.3 Å². The van der Waals surface area contributed by atoms with E-state index in [0.29, 0.717) is 11.0 Å². The Morgan fingerprint density at radius 2 is 1.91 bits per heavy atom. The second-order valence-electron chi connectivity index (χ2n) is 4.68. The van der Waals surface area contributed by atoms with Gasteiger partial charge in [-0.2, -0.15) is 16.8 Å². The number of hydrogen-bond acceptors (Lipinski definition) is 5. The summed E-state index contributed by atoms with van der Waals surface area (Å²) in [6.07, 6.45) is 1.58. The largest absolute Gasteiger partial charge is 1.00 e. The molecule has 8 nitrogen and oxygen atoms in total. The predicted octanol–water partition coefficient (Wildman–Crippen LogP) is -1.93. The fourth-order valence-corrected chi connectivity index (χ4v) is 2.75. The van der Waals surface area contributed by atoms with Gasteiger partial charge in [-0.3, -0.25) is 9.11 Å². The van der Waals surface area contributed by atoms with Gasteiger partial charge in [-0.1, -0.05) is 0 Å². The van der Waals surface area contributed by atoms with Gasteiger partial charge in [-0.05, 0) is 31.5 Å². The van der Waals surface area contributed by atoms with Crippen LogP contribution in [-0.4, -0.2) is 40.7 Å². The van der Waals surface area contributed by atoms with Gasteiger partial charge in [0.05, 0.1) is 27.5 Å². The Kier molecular flexibility index (Phi) is 6.18. The quantitative estimate of drug-likeness (QED) is 0.470. The monoisotopic (exact) mass is 358 g/mol. The molecular weight excluding hydrogens is 343 g/mol. The average molecular weight is 358 g/mol. The average Bonchev–Trinajstić information content (AvgIpc) is 2.76. The van der Waals surface area contributed by atoms with Crippen LogP contribution in [0.25, 0.3) is 11.0 Å². The molecule has 0 aliphatic carbocycles. The first-order valence-corrected chi connectivity index (χ1v) is 8.92. The SMILES string of the molecule is CC(CCn1cnc2ccc(S(=O)(=O)O)cc21)S(=O)(=O)O.[H-].[Na+]. The standard InChI is InChI=1S/C11H14N2O6S2.Na.H/c1-8(20(14,15)16)4-5-13-7-12-10-3-2-9(6-11(10)13)21(17,18)19;;/h2-3,6-8H,4-5H2,1H3,(H,14,15,16)(H,17,18,19);;/q;+1;-1. The Morgan fingerprint density at radius 3 is 2.45 bits per heavy atom. The Morgan fingerprint density at radius 1 is 1.27 bits per heavy atom. The van der Waals surface area contributed by atoms with Gasteiger partial charge in [-0.25, -0.2) is 4.98 Å². The third kappa shape index (κ3) is 4.51. The molecule has 1 aromatic heterocycles. The van der Waals surface area contributed by atoms with Crippen molar-refractivity contribution in [2.24, 2.45) is 0 Å². The van der Waals surface area contributed by atoms with Crippen LogP contribution in [0.1, 0.15) is 14.8 Å². The minimum absolute atomic E-state index is 0. The van der Waals surface area contributed by atoms with Gasteiger partial charge >= 0.3 is 29.6 Å². The molecule has 0 aliphatic heterocycles. The summed E-state index contributed by atoms with van der Waals surface area (Å²) in [5.41, 5.74) is 0.967. The number of fused-ring (bicyclic) bond motifs is 1. The van der Waals surface area contributed by atoms with E-state index >= 15 is 0 Å². The molecule has 1 atom stereocenters. The molecule has 0 radical (unpaired) electrons. The van der Waals surface area contributed by atoms with E-state index in [0.717, 1.165) is 0 Å². The van der Waals surface area contributed by atoms with E-state index in [1.165, 1.54) is 31.5 Å². The summed E-state index contributed by atoms with van der Waals surface area (Å²) in [4.78, 5) is 3.79. The number of nitrogens with zero attached hydrogens (tertiary/aromatic N) is 2. The molecule has 0 aliphatic rings. The molecule has 2 N–H and O–H groups in total. The van der Waals surface area contributed by atoms with Crippen molar-refractivity contribution in [1.82, 2.24) is 9.55 Å². The molecule has 0 spiro atoms. The van der Waals surface area contributed by atoms with E-state index < -0.39 is 25.5 Å². The fraction of sp³-hybridized carbons (Fsp3) is 0.364. The van der Waals surface area contributed by atoms with Crippen LogP contribution in [0.4, 0.5) is 0 Å². The maximum atomic E-state index is 11.1. The third-order valence-corrected chi connectivity index (χ3v) is 5.28. The summed E-state index contributed by atoms with van der Waals surface area (Å²) in [5, 5.41) is -0.945. The smallest absolute Gasteiger partial charge is 1.00 e. The molecule has 0 saturated carbocycles. The van der Waals surface area contributed by atoms with Gasteiger partial charge in [0.1, 0.15) is 0 Å². The van der Waals surface area contributed by atoms with Gasteiger partial charge < -0.3 is 5.99 Å². The first kappa shape index (κ1) is 19.6. The topological polar surface area (TPSA) is 127 Å². The molecule has 0 fully saturated rings. The summed E-state index contributed by atoms with van der Waals surface area (Å²) in [5.74, 6) is 0. The van der Waals surface area contributed by atoms with Crippen molar-refractivity contribution in [3.05, 3.63) is 24.5 Å². The molecule has 0 bridgehead atoms. The van der Waals surface area contributed by atoms with Crippen molar-refractivity contribution in [1.29, 1.82) is 0 Å². The van der Waals surface area contributed by atoms with Gasteiger partial charge in [0.2, 0.25) is 0 Å². The summed E-state index contributed by atoms with van der Waals surface area (Å²) in [6.45, 7) is 1.60. The second kappa shape index (κ2) is 6.95. The van der Waals surface area contributed by atoms with Crippen LogP contribution in [0.5, 0.6) is 0 Å². The van der Waals surface area contributed by atoms with Crippen molar-refractivity contribution in [3.8, 4) is 0 Å². The minimum atomic E-state index is -4.32. The Balaban J connectivity index is 0.00000242. The maximum Gasteiger partial charge on any atom is 1.00 e. The summed E-state index contributed by atoms with van der Waals surface area (Å²) in [6, 6.07) is 3.94. The van der Waals surface area contributed by atoms with Crippen molar-refractivity contribution in [3.63, 3.8) is 0 Å². The molecule has 0 amide bonds. The van der Waals surface area contributed by atoms with Crippen molar-refractivity contribution in [2.75, 3.05) is 0 Å². The molecule has 1 heterocycles. The van der Waals surface area contributed by atoms with E-state index in [4.69, 9.17) is 9.11 Å². The third-order valence-electron chi connectivity index (χ3n) is 3.18. The van der Waals surface area contributed by atoms with E-state index in [1.807, 2.05) is 0 Å². The number of rotatable bonds is 5. The fourth-order valence-electron chi connectivity index (χ4n) is 1.85. The van der Waals surface area contributed by atoms with E-state index in [-0.39, 0.29) is 48.8 Å². The molecule has 2 aromatic rings. The molecule has 118 valence electrons. The molecular formula is C11H15N2NaO6S2. The van der Waals surface area contributed by atoms with Crippen LogP contribution in [0.2, 0.25) is 0 Å². The number of aromatic nitrogens is 2. The van der Waals surface area contributed by atoms with Gasteiger partial charge in [-0.15, -0.1) is 0 Å². The Labute approximate surface area is 151 Å². The van der Waals surface area contributed by atoms with Crippen molar-refractivity contribution < 1.29 is 56.9 Å². The van der Waals surface area contributed by atoms with Crippen molar-refractivity contribution in [2.45, 2.75) is 30.0 Å². The Hall–Kier alpha value is -0.490. The normalized spacial score (nSPS) is 13.8. The predicted molar refractivity (Wildman–Crippen MR) is 76.3 cm³/mol.